The summed E-state index contributed by atoms with van der Waals surface area (Å²) in [4.78, 5) is 17.6. The van der Waals surface area contributed by atoms with Crippen LogP contribution in [0.1, 0.15) is 40.5 Å². The Balaban J connectivity index is 2.31. The van der Waals surface area contributed by atoms with Gasteiger partial charge in [0.2, 0.25) is 0 Å². The van der Waals surface area contributed by atoms with Crippen molar-refractivity contribution in [2.75, 3.05) is 32.0 Å². The van der Waals surface area contributed by atoms with Gasteiger partial charge in [-0.25, -0.2) is 4.79 Å². The summed E-state index contributed by atoms with van der Waals surface area (Å²) in [5, 5.41) is 3.17. The first-order valence-corrected chi connectivity index (χ1v) is 9.42. The minimum Gasteiger partial charge on any atom is -0.450 e. The van der Waals surface area contributed by atoms with Crippen molar-refractivity contribution in [3.8, 4) is 0 Å². The van der Waals surface area contributed by atoms with Crippen molar-refractivity contribution < 1.29 is 13.7 Å². The molecule has 0 bridgehead atoms. The van der Waals surface area contributed by atoms with Gasteiger partial charge in [0.25, 0.3) is 0 Å². The maximum Gasteiger partial charge on any atom is 0.409 e. The lowest BCUT2D eigenvalue weighted by molar-refractivity contribution is 0.0963. The molecule has 1 aliphatic heterocycles. The molecule has 1 aliphatic rings. The smallest absolute Gasteiger partial charge is 0.409 e. The van der Waals surface area contributed by atoms with Crippen LogP contribution in [0.2, 0.25) is 0 Å². The minimum absolute atomic E-state index is 0.206. The van der Waals surface area contributed by atoms with E-state index in [2.05, 4.69) is 10.3 Å². The number of piperidine rings is 1. The molecule has 1 heterocycles. The molecule has 0 aromatic heterocycles. The number of guanidine groups is 1. The number of ether oxygens (including phenoxy) is 1. The molecular formula is C15H30N4O3S. The van der Waals surface area contributed by atoms with Crippen LogP contribution in [0, 0.1) is 0 Å². The summed E-state index contributed by atoms with van der Waals surface area (Å²) in [6.45, 7) is 9.80. The van der Waals surface area contributed by atoms with Crippen LogP contribution in [0.3, 0.4) is 0 Å². The molecule has 1 fully saturated rings. The fourth-order valence-electron chi connectivity index (χ4n) is 2.23. The van der Waals surface area contributed by atoms with Crippen molar-refractivity contribution in [3.63, 3.8) is 0 Å². The average molecular weight is 346 g/mol. The molecule has 0 radical (unpaired) electrons. The standard InChI is InChI=1S/C15H30N4O3S/c1-5-22-14(20)19-9-6-12(7-10-19)18-13(16)17-8-11-23(21)15(2,3)4/h12H,5-11H2,1-4H3,(H3,16,17,18). The number of carbonyl (C=O) groups excluding carboxylic acids is 1. The molecule has 0 saturated carbocycles. The quantitative estimate of drug-likeness (QED) is 0.573. The summed E-state index contributed by atoms with van der Waals surface area (Å²) < 4.78 is 16.7. The second kappa shape index (κ2) is 9.10. The van der Waals surface area contributed by atoms with Gasteiger partial charge in [-0.15, -0.1) is 0 Å². The molecule has 0 aromatic carbocycles. The van der Waals surface area contributed by atoms with Crippen LogP contribution in [-0.4, -0.2) is 63.9 Å². The van der Waals surface area contributed by atoms with Crippen LogP contribution in [0.25, 0.3) is 0 Å². The van der Waals surface area contributed by atoms with E-state index in [0.29, 0.717) is 38.0 Å². The summed E-state index contributed by atoms with van der Waals surface area (Å²) in [7, 11) is -0.921. The molecule has 7 nitrogen and oxygen atoms in total. The highest BCUT2D eigenvalue weighted by atomic mass is 32.2. The Morgan fingerprint density at radius 3 is 2.52 bits per heavy atom. The lowest BCUT2D eigenvalue weighted by Gasteiger charge is -2.31. The van der Waals surface area contributed by atoms with Crippen molar-refractivity contribution in [3.05, 3.63) is 0 Å². The monoisotopic (exact) mass is 346 g/mol. The minimum atomic E-state index is -0.921. The third kappa shape index (κ3) is 7.20. The number of nitrogens with two attached hydrogens (primary N) is 1. The maximum atomic E-state index is 11.9. The average Bonchev–Trinajstić information content (AvgIpc) is 2.47. The Hall–Kier alpha value is -1.31. The van der Waals surface area contributed by atoms with Gasteiger partial charge in [0.05, 0.1) is 13.2 Å². The molecule has 1 atom stereocenters. The summed E-state index contributed by atoms with van der Waals surface area (Å²) in [6.07, 6.45) is 1.36. The molecule has 8 heteroatoms. The number of likely N-dealkylation sites (tertiary alicyclic amines) is 1. The highest BCUT2D eigenvalue weighted by Crippen LogP contribution is 2.12. The van der Waals surface area contributed by atoms with Gasteiger partial charge in [-0.05, 0) is 40.5 Å². The molecular weight excluding hydrogens is 316 g/mol. The number of amides is 1. The van der Waals surface area contributed by atoms with Gasteiger partial charge in [0.1, 0.15) is 0 Å². The van der Waals surface area contributed by atoms with Crippen molar-refractivity contribution in [2.24, 2.45) is 10.7 Å². The number of rotatable bonds is 5. The number of carbonyl (C=O) groups is 1. The van der Waals surface area contributed by atoms with Gasteiger partial charge in [0, 0.05) is 40.4 Å². The van der Waals surface area contributed by atoms with Crippen LogP contribution in [0.5, 0.6) is 0 Å². The summed E-state index contributed by atoms with van der Waals surface area (Å²) in [6, 6.07) is 0.206. The zero-order valence-corrected chi connectivity index (χ0v) is 15.4. The van der Waals surface area contributed by atoms with Crippen LogP contribution in [0.15, 0.2) is 4.99 Å². The summed E-state index contributed by atoms with van der Waals surface area (Å²) in [5.74, 6) is 0.887. The number of hydrogen-bond donors (Lipinski definition) is 2. The first-order valence-electron chi connectivity index (χ1n) is 8.10. The lowest BCUT2D eigenvalue weighted by atomic mass is 10.1. The van der Waals surface area contributed by atoms with E-state index < -0.39 is 10.8 Å². The Labute approximate surface area is 141 Å². The molecule has 1 unspecified atom stereocenters. The van der Waals surface area contributed by atoms with E-state index in [1.807, 2.05) is 20.8 Å². The van der Waals surface area contributed by atoms with Crippen LogP contribution in [-0.2, 0) is 15.5 Å². The molecule has 0 aliphatic carbocycles. The van der Waals surface area contributed by atoms with Crippen LogP contribution < -0.4 is 11.1 Å². The van der Waals surface area contributed by atoms with Gasteiger partial charge in [-0.2, -0.15) is 0 Å². The van der Waals surface area contributed by atoms with Crippen LogP contribution >= 0.6 is 0 Å². The first-order chi connectivity index (χ1) is 10.7. The van der Waals surface area contributed by atoms with Crippen LogP contribution in [0.4, 0.5) is 4.79 Å². The van der Waals surface area contributed by atoms with E-state index in [1.54, 1.807) is 11.8 Å². The predicted octanol–water partition coefficient (Wildman–Crippen LogP) is 1.06. The molecule has 0 spiro atoms. The van der Waals surface area contributed by atoms with Gasteiger partial charge in [0.15, 0.2) is 5.96 Å². The zero-order valence-electron chi connectivity index (χ0n) is 14.6. The number of hydrogen-bond acceptors (Lipinski definition) is 4. The third-order valence-corrected chi connectivity index (χ3v) is 5.53. The Kier molecular flexibility index (Phi) is 7.81. The van der Waals surface area contributed by atoms with Crippen molar-refractivity contribution >= 4 is 22.9 Å². The van der Waals surface area contributed by atoms with E-state index in [9.17, 15) is 9.00 Å². The Morgan fingerprint density at radius 1 is 1.39 bits per heavy atom. The lowest BCUT2D eigenvalue weighted by Crippen LogP contribution is -2.48. The van der Waals surface area contributed by atoms with Crippen molar-refractivity contribution in [1.29, 1.82) is 0 Å². The fourth-order valence-corrected chi connectivity index (χ4v) is 3.10. The van der Waals surface area contributed by atoms with Gasteiger partial charge in [-0.3, -0.25) is 9.20 Å². The van der Waals surface area contributed by atoms with Crippen molar-refractivity contribution in [1.82, 2.24) is 10.2 Å². The second-order valence-corrected chi connectivity index (χ2v) is 8.86. The first kappa shape index (κ1) is 19.7. The molecule has 3 N–H and O–H groups in total. The van der Waals surface area contributed by atoms with Gasteiger partial charge >= 0.3 is 6.09 Å². The summed E-state index contributed by atoms with van der Waals surface area (Å²) >= 11 is 0. The third-order valence-electron chi connectivity index (χ3n) is 3.61. The molecule has 0 aromatic rings. The molecule has 134 valence electrons. The van der Waals surface area contributed by atoms with E-state index in [4.69, 9.17) is 10.5 Å². The molecule has 1 rings (SSSR count). The van der Waals surface area contributed by atoms with E-state index in [0.717, 1.165) is 12.8 Å². The van der Waals surface area contributed by atoms with E-state index in [-0.39, 0.29) is 16.9 Å². The zero-order chi connectivity index (χ0) is 17.5. The maximum absolute atomic E-state index is 11.9. The molecule has 1 amide bonds. The van der Waals surface area contributed by atoms with Crippen molar-refractivity contribution in [2.45, 2.75) is 51.3 Å². The van der Waals surface area contributed by atoms with E-state index >= 15 is 0 Å². The topological polar surface area (TPSA) is 97.0 Å². The SMILES string of the molecule is CCOC(=O)N1CCC(NC(N)=NCCS(=O)C(C)(C)C)CC1. The largest absolute Gasteiger partial charge is 0.450 e. The highest BCUT2D eigenvalue weighted by Gasteiger charge is 2.23. The number of nitrogens with one attached hydrogen (secondary N) is 1. The number of nitrogens with zero attached hydrogens (tertiary/aromatic N) is 2. The normalized spacial score (nSPS) is 18.6. The molecule has 23 heavy (non-hydrogen) atoms. The highest BCUT2D eigenvalue weighted by molar-refractivity contribution is 7.86. The summed E-state index contributed by atoms with van der Waals surface area (Å²) in [5.41, 5.74) is 5.88. The number of aliphatic imine (C=N–C) groups is 1. The van der Waals surface area contributed by atoms with Gasteiger partial charge < -0.3 is 20.7 Å². The predicted molar refractivity (Wildman–Crippen MR) is 94.0 cm³/mol. The Morgan fingerprint density at radius 2 is 2.00 bits per heavy atom. The molecule has 1 saturated heterocycles. The van der Waals surface area contributed by atoms with Gasteiger partial charge in [-0.1, -0.05) is 0 Å². The van der Waals surface area contributed by atoms with E-state index in [1.165, 1.54) is 0 Å². The Bertz CT molecular complexity index is 440. The fraction of sp³-hybridized carbons (Fsp3) is 0.867. The second-order valence-electron chi connectivity index (χ2n) is 6.53.